The average Bonchev–Trinajstić information content (AvgIpc) is 3.01. The third-order valence-electron chi connectivity index (χ3n) is 6.15. The Balaban J connectivity index is 1.61. The second kappa shape index (κ2) is 9.57. The number of likely N-dealkylation sites (N-methyl/N-ethyl adjacent to an activating group) is 1. The lowest BCUT2D eigenvalue weighted by Crippen LogP contribution is -2.43. The third kappa shape index (κ3) is 5.07. The van der Waals surface area contributed by atoms with Gasteiger partial charge in [0.2, 0.25) is 5.91 Å². The van der Waals surface area contributed by atoms with E-state index in [0.717, 1.165) is 30.4 Å². The number of piperidine rings is 1. The molecular weight excluding hydrogens is 445 g/mol. The first-order valence-electron chi connectivity index (χ1n) is 11.1. The van der Waals surface area contributed by atoms with Gasteiger partial charge in [0.05, 0.1) is 23.5 Å². The minimum Gasteiger partial charge on any atom is -0.399 e. The maximum Gasteiger partial charge on any atom is 0.329 e. The molecule has 176 valence electrons. The van der Waals surface area contributed by atoms with Gasteiger partial charge in [0.1, 0.15) is 5.82 Å². The molecule has 0 aliphatic carbocycles. The molecule has 4 rings (SSSR count). The number of aromatic nitrogens is 2. The van der Waals surface area contributed by atoms with E-state index in [4.69, 9.17) is 17.3 Å². The van der Waals surface area contributed by atoms with E-state index in [1.807, 2.05) is 31.1 Å². The van der Waals surface area contributed by atoms with Crippen molar-refractivity contribution >= 4 is 34.2 Å². The van der Waals surface area contributed by atoms with Gasteiger partial charge in [0, 0.05) is 36.9 Å². The van der Waals surface area contributed by atoms with Crippen molar-refractivity contribution in [1.82, 2.24) is 18.9 Å². The highest BCUT2D eigenvalue weighted by atomic mass is 35.5. The van der Waals surface area contributed by atoms with Gasteiger partial charge < -0.3 is 15.5 Å². The Labute approximate surface area is 197 Å². The largest absolute Gasteiger partial charge is 0.399 e. The van der Waals surface area contributed by atoms with Crippen LogP contribution in [0.2, 0.25) is 5.02 Å². The zero-order valence-electron chi connectivity index (χ0n) is 18.9. The number of benzene rings is 2. The maximum absolute atomic E-state index is 13.7. The number of anilines is 1. The molecule has 1 atom stereocenters. The standard InChI is InChI=1S/C24H29ClFN5O2/c1-28(2)8-9-30-21-6-5-19(27)14-22(21)31(24(30)33)20-4-3-7-29(15-20)23(32)12-16-10-17(25)13-18(26)11-16/h5-6,10-11,13-14,20H,3-4,7-9,12,15,27H2,1-2H3/t20-/m0/s1. The van der Waals surface area contributed by atoms with Crippen molar-refractivity contribution < 1.29 is 9.18 Å². The Morgan fingerprint density at radius 2 is 2.00 bits per heavy atom. The molecule has 1 fully saturated rings. The van der Waals surface area contributed by atoms with Crippen LogP contribution in [-0.2, 0) is 17.8 Å². The second-order valence-electron chi connectivity index (χ2n) is 8.95. The molecule has 1 saturated heterocycles. The van der Waals surface area contributed by atoms with Gasteiger partial charge in [-0.2, -0.15) is 0 Å². The number of halogens is 2. The maximum atomic E-state index is 13.7. The minimum absolute atomic E-state index is 0.0661. The van der Waals surface area contributed by atoms with Crippen molar-refractivity contribution in [3.05, 3.63) is 63.3 Å². The molecule has 0 bridgehead atoms. The van der Waals surface area contributed by atoms with E-state index in [1.165, 1.54) is 12.1 Å². The first kappa shape index (κ1) is 23.3. The fourth-order valence-electron chi connectivity index (χ4n) is 4.56. The van der Waals surface area contributed by atoms with E-state index in [1.54, 1.807) is 26.2 Å². The van der Waals surface area contributed by atoms with Crippen molar-refractivity contribution in [2.24, 2.45) is 0 Å². The molecule has 0 spiro atoms. The van der Waals surface area contributed by atoms with Crippen LogP contribution < -0.4 is 11.4 Å². The fourth-order valence-corrected chi connectivity index (χ4v) is 4.80. The number of fused-ring (bicyclic) bond motifs is 1. The number of amides is 1. The number of likely N-dealkylation sites (tertiary alicyclic amines) is 1. The lowest BCUT2D eigenvalue weighted by Gasteiger charge is -2.33. The summed E-state index contributed by atoms with van der Waals surface area (Å²) in [7, 11) is 3.94. The van der Waals surface area contributed by atoms with Gasteiger partial charge in [0.15, 0.2) is 0 Å². The molecule has 1 amide bonds. The number of rotatable bonds is 6. The molecule has 9 heteroatoms. The summed E-state index contributed by atoms with van der Waals surface area (Å²) in [6, 6.07) is 9.52. The van der Waals surface area contributed by atoms with E-state index < -0.39 is 5.82 Å². The highest BCUT2D eigenvalue weighted by molar-refractivity contribution is 6.30. The van der Waals surface area contributed by atoms with Gasteiger partial charge in [-0.15, -0.1) is 0 Å². The summed E-state index contributed by atoms with van der Waals surface area (Å²) in [4.78, 5) is 30.2. The third-order valence-corrected chi connectivity index (χ3v) is 6.37. The normalized spacial score (nSPS) is 16.6. The number of carbonyl (C=O) groups excluding carboxylic acids is 1. The van der Waals surface area contributed by atoms with Crippen LogP contribution in [0.5, 0.6) is 0 Å². The van der Waals surface area contributed by atoms with Crippen molar-refractivity contribution in [3.8, 4) is 0 Å². The summed E-state index contributed by atoms with van der Waals surface area (Å²) < 4.78 is 17.3. The zero-order valence-corrected chi connectivity index (χ0v) is 19.7. The summed E-state index contributed by atoms with van der Waals surface area (Å²) in [6.45, 7) is 2.32. The van der Waals surface area contributed by atoms with Crippen LogP contribution in [0.1, 0.15) is 24.4 Å². The van der Waals surface area contributed by atoms with Gasteiger partial charge in [0.25, 0.3) is 0 Å². The van der Waals surface area contributed by atoms with Crippen LogP contribution >= 0.6 is 11.6 Å². The molecule has 3 aromatic rings. The van der Waals surface area contributed by atoms with Crippen molar-refractivity contribution in [2.45, 2.75) is 31.8 Å². The molecular formula is C24H29ClFN5O2. The number of nitrogen functional groups attached to an aromatic ring is 1. The molecule has 2 aromatic carbocycles. The predicted molar refractivity (Wildman–Crippen MR) is 129 cm³/mol. The smallest absolute Gasteiger partial charge is 0.329 e. The molecule has 1 aromatic heterocycles. The molecule has 1 aliphatic heterocycles. The van der Waals surface area contributed by atoms with Crippen molar-refractivity contribution in [1.29, 1.82) is 0 Å². The molecule has 33 heavy (non-hydrogen) atoms. The number of imidazole rings is 1. The van der Waals surface area contributed by atoms with Crippen LogP contribution in [0.15, 0.2) is 41.2 Å². The Morgan fingerprint density at radius 3 is 2.73 bits per heavy atom. The van der Waals surface area contributed by atoms with E-state index >= 15 is 0 Å². The summed E-state index contributed by atoms with van der Waals surface area (Å²) in [5.41, 5.74) is 8.72. The minimum atomic E-state index is -0.462. The van der Waals surface area contributed by atoms with Crippen molar-refractivity contribution in [2.75, 3.05) is 39.5 Å². The van der Waals surface area contributed by atoms with Gasteiger partial charge in [-0.05, 0) is 68.9 Å². The second-order valence-corrected chi connectivity index (χ2v) is 9.38. The number of hydrogen-bond donors (Lipinski definition) is 1. The van der Waals surface area contributed by atoms with Gasteiger partial charge in [-0.3, -0.25) is 13.9 Å². The Hall–Kier alpha value is -2.84. The summed E-state index contributed by atoms with van der Waals surface area (Å²) in [5.74, 6) is -0.568. The van der Waals surface area contributed by atoms with Gasteiger partial charge in [-0.25, -0.2) is 9.18 Å². The van der Waals surface area contributed by atoms with Crippen LogP contribution in [0.25, 0.3) is 11.0 Å². The van der Waals surface area contributed by atoms with Gasteiger partial charge >= 0.3 is 5.69 Å². The topological polar surface area (TPSA) is 76.5 Å². The van der Waals surface area contributed by atoms with E-state index in [-0.39, 0.29) is 29.1 Å². The monoisotopic (exact) mass is 473 g/mol. The molecule has 2 heterocycles. The SMILES string of the molecule is CN(C)CCn1c(=O)n([C@H]2CCCN(C(=O)Cc3cc(F)cc(Cl)c3)C2)c2cc(N)ccc21. The van der Waals surface area contributed by atoms with Crippen LogP contribution in [0, 0.1) is 5.82 Å². The van der Waals surface area contributed by atoms with E-state index in [2.05, 4.69) is 0 Å². The van der Waals surface area contributed by atoms with Crippen LogP contribution in [-0.4, -0.2) is 58.6 Å². The highest BCUT2D eigenvalue weighted by Gasteiger charge is 2.28. The Bertz CT molecular complexity index is 1220. The first-order valence-corrected chi connectivity index (χ1v) is 11.5. The molecule has 1 aliphatic rings. The molecule has 0 radical (unpaired) electrons. The van der Waals surface area contributed by atoms with Gasteiger partial charge in [-0.1, -0.05) is 11.6 Å². The molecule has 7 nitrogen and oxygen atoms in total. The quantitative estimate of drug-likeness (QED) is 0.558. The van der Waals surface area contributed by atoms with E-state index in [9.17, 15) is 14.0 Å². The summed E-state index contributed by atoms with van der Waals surface area (Å²) >= 11 is 5.94. The number of carbonyl (C=O) groups is 1. The fraction of sp³-hybridized carbons (Fsp3) is 0.417. The summed E-state index contributed by atoms with van der Waals surface area (Å²) in [5, 5.41) is 0.268. The van der Waals surface area contributed by atoms with Crippen LogP contribution in [0.4, 0.5) is 10.1 Å². The number of hydrogen-bond acceptors (Lipinski definition) is 4. The molecule has 0 unspecified atom stereocenters. The molecule has 2 N–H and O–H groups in total. The van der Waals surface area contributed by atoms with Crippen LogP contribution in [0.3, 0.4) is 0 Å². The Kier molecular flexibility index (Phi) is 6.76. The van der Waals surface area contributed by atoms with Crippen molar-refractivity contribution in [3.63, 3.8) is 0 Å². The van der Waals surface area contributed by atoms with E-state index in [0.29, 0.717) is 30.9 Å². The number of nitrogens with zero attached hydrogens (tertiary/aromatic N) is 4. The predicted octanol–water partition coefficient (Wildman–Crippen LogP) is 3.15. The lowest BCUT2D eigenvalue weighted by molar-refractivity contribution is -0.132. The lowest BCUT2D eigenvalue weighted by atomic mass is 10.0. The number of nitrogens with two attached hydrogens (primary N) is 1. The summed E-state index contributed by atoms with van der Waals surface area (Å²) in [6.07, 6.45) is 1.63. The average molecular weight is 474 g/mol. The highest BCUT2D eigenvalue weighted by Crippen LogP contribution is 2.27. The molecule has 0 saturated carbocycles. The first-order chi connectivity index (χ1) is 15.7. The zero-order chi connectivity index (χ0) is 23.7. The Morgan fingerprint density at radius 1 is 1.21 bits per heavy atom.